The Balaban J connectivity index is 1.64. The smallest absolute Gasteiger partial charge is 0.321 e. The molecule has 0 atom stereocenters. The van der Waals surface area contributed by atoms with Gasteiger partial charge in [0.1, 0.15) is 12.4 Å². The van der Waals surface area contributed by atoms with Crippen molar-refractivity contribution in [2.75, 3.05) is 29.9 Å². The van der Waals surface area contributed by atoms with Crippen molar-refractivity contribution >= 4 is 40.7 Å². The molecule has 4 rings (SSSR count). The van der Waals surface area contributed by atoms with Crippen LogP contribution in [0.2, 0.25) is 5.02 Å². The summed E-state index contributed by atoms with van der Waals surface area (Å²) in [4.78, 5) is 33.1. The summed E-state index contributed by atoms with van der Waals surface area (Å²) in [6, 6.07) is 5.02. The highest BCUT2D eigenvalue weighted by atomic mass is 35.5. The highest BCUT2D eigenvalue weighted by molar-refractivity contribution is 6.32. The van der Waals surface area contributed by atoms with Crippen LogP contribution in [-0.4, -0.2) is 52.1 Å². The van der Waals surface area contributed by atoms with Crippen LogP contribution in [0.15, 0.2) is 23.2 Å². The third-order valence-corrected chi connectivity index (χ3v) is 5.10. The van der Waals surface area contributed by atoms with Crippen LogP contribution in [0.5, 0.6) is 0 Å². The normalized spacial score (nSPS) is 15.6. The van der Waals surface area contributed by atoms with Crippen molar-refractivity contribution in [2.24, 2.45) is 12.0 Å². The molecule has 9 heteroatoms. The zero-order valence-electron chi connectivity index (χ0n) is 15.3. The molecule has 0 radical (unpaired) electrons. The van der Waals surface area contributed by atoms with E-state index >= 15 is 0 Å². The second-order valence-corrected chi connectivity index (χ2v) is 7.04. The average Bonchev–Trinajstić information content (AvgIpc) is 3.20. The van der Waals surface area contributed by atoms with Crippen LogP contribution in [0.25, 0.3) is 0 Å². The van der Waals surface area contributed by atoms with Gasteiger partial charge in [-0.1, -0.05) is 11.6 Å². The van der Waals surface area contributed by atoms with Gasteiger partial charge in [0.05, 0.1) is 29.3 Å². The van der Waals surface area contributed by atoms with Gasteiger partial charge in [-0.25, -0.2) is 4.79 Å². The average molecular weight is 387 g/mol. The summed E-state index contributed by atoms with van der Waals surface area (Å²) < 4.78 is 1.71. The Morgan fingerprint density at radius 3 is 2.81 bits per heavy atom. The predicted octanol–water partition coefficient (Wildman–Crippen LogP) is 2.33. The van der Waals surface area contributed by atoms with Crippen molar-refractivity contribution in [1.29, 1.82) is 0 Å². The molecule has 1 N–H and O–H groups in total. The third-order valence-electron chi connectivity index (χ3n) is 4.87. The van der Waals surface area contributed by atoms with Gasteiger partial charge in [-0.15, -0.1) is 0 Å². The zero-order chi connectivity index (χ0) is 19.3. The second kappa shape index (κ2) is 6.38. The molecule has 0 fully saturated rings. The fourth-order valence-corrected chi connectivity index (χ4v) is 3.63. The lowest BCUT2D eigenvalue weighted by atomic mass is 10.1. The number of amidine groups is 1. The molecule has 2 aliphatic rings. The summed E-state index contributed by atoms with van der Waals surface area (Å²) in [5, 5.41) is 7.67. The van der Waals surface area contributed by atoms with Crippen molar-refractivity contribution in [3.63, 3.8) is 0 Å². The number of anilines is 2. The number of aryl methyl sites for hydroxylation is 2. The van der Waals surface area contributed by atoms with Gasteiger partial charge in [0, 0.05) is 24.2 Å². The van der Waals surface area contributed by atoms with Crippen LogP contribution in [0.4, 0.5) is 16.2 Å². The summed E-state index contributed by atoms with van der Waals surface area (Å²) in [6.45, 7) is 4.65. The van der Waals surface area contributed by atoms with Crippen molar-refractivity contribution in [2.45, 2.75) is 13.8 Å². The first kappa shape index (κ1) is 17.5. The number of halogens is 1. The highest BCUT2D eigenvalue weighted by Crippen LogP contribution is 2.33. The molecule has 3 heterocycles. The number of nitrogens with zero attached hydrogens (tertiary/aromatic N) is 5. The maximum Gasteiger partial charge on any atom is 0.330 e. The van der Waals surface area contributed by atoms with Gasteiger partial charge in [0.15, 0.2) is 0 Å². The lowest BCUT2D eigenvalue weighted by Gasteiger charge is -2.35. The van der Waals surface area contributed by atoms with Gasteiger partial charge in [-0.3, -0.25) is 24.3 Å². The number of carbonyl (C=O) groups excluding carboxylic acids is 2. The van der Waals surface area contributed by atoms with Crippen LogP contribution in [0.1, 0.15) is 17.0 Å². The number of hydrogen-bond donors (Lipinski definition) is 1. The topological polar surface area (TPSA) is 82.8 Å². The van der Waals surface area contributed by atoms with Crippen molar-refractivity contribution < 1.29 is 9.59 Å². The van der Waals surface area contributed by atoms with Crippen molar-refractivity contribution in [1.82, 2.24) is 14.7 Å². The lowest BCUT2D eigenvalue weighted by molar-refractivity contribution is -0.114. The Kier molecular flexibility index (Phi) is 4.15. The van der Waals surface area contributed by atoms with E-state index in [0.717, 1.165) is 17.0 Å². The van der Waals surface area contributed by atoms with E-state index in [2.05, 4.69) is 15.4 Å². The Morgan fingerprint density at radius 2 is 2.11 bits per heavy atom. The van der Waals surface area contributed by atoms with E-state index in [1.165, 1.54) is 4.90 Å². The quantitative estimate of drug-likeness (QED) is 0.878. The first-order valence-electron chi connectivity index (χ1n) is 8.60. The summed E-state index contributed by atoms with van der Waals surface area (Å²) in [7, 11) is 1.82. The lowest BCUT2D eigenvalue weighted by Crippen LogP contribution is -2.52. The van der Waals surface area contributed by atoms with Gasteiger partial charge in [-0.2, -0.15) is 5.10 Å². The molecule has 3 amide bonds. The number of amides is 3. The number of aliphatic imine (C=N–C) groups is 1. The van der Waals surface area contributed by atoms with E-state index in [4.69, 9.17) is 11.6 Å². The number of rotatable bonds is 3. The third kappa shape index (κ3) is 2.86. The number of aromatic nitrogens is 2. The first-order valence-corrected chi connectivity index (χ1v) is 8.98. The molecule has 0 bridgehead atoms. The number of fused-ring (bicyclic) bond motifs is 3. The van der Waals surface area contributed by atoms with Crippen LogP contribution < -0.4 is 10.2 Å². The maximum atomic E-state index is 12.9. The number of benzene rings is 1. The molecule has 2 aliphatic heterocycles. The molecule has 0 saturated carbocycles. The Bertz CT molecular complexity index is 996. The summed E-state index contributed by atoms with van der Waals surface area (Å²) in [5.41, 5.74) is 3.65. The Hall–Kier alpha value is -2.87. The van der Waals surface area contributed by atoms with E-state index in [0.29, 0.717) is 35.3 Å². The zero-order valence-corrected chi connectivity index (χ0v) is 16.0. The van der Waals surface area contributed by atoms with Gasteiger partial charge in [0.25, 0.3) is 0 Å². The highest BCUT2D eigenvalue weighted by Gasteiger charge is 2.38. The summed E-state index contributed by atoms with van der Waals surface area (Å²) >= 11 is 6.14. The molecular weight excluding hydrogens is 368 g/mol. The Labute approximate surface area is 161 Å². The largest absolute Gasteiger partial charge is 0.330 e. The molecule has 0 spiro atoms. The number of urea groups is 1. The van der Waals surface area contributed by atoms with Crippen LogP contribution in [0.3, 0.4) is 0 Å². The van der Waals surface area contributed by atoms with Crippen LogP contribution in [-0.2, 0) is 11.8 Å². The van der Waals surface area contributed by atoms with E-state index < -0.39 is 0 Å². The van der Waals surface area contributed by atoms with E-state index in [-0.39, 0.29) is 18.5 Å². The molecule has 27 heavy (non-hydrogen) atoms. The maximum absolute atomic E-state index is 12.9. The van der Waals surface area contributed by atoms with Crippen molar-refractivity contribution in [3.8, 4) is 0 Å². The van der Waals surface area contributed by atoms with Gasteiger partial charge in [-0.05, 0) is 32.0 Å². The van der Waals surface area contributed by atoms with Crippen molar-refractivity contribution in [3.05, 3.63) is 40.2 Å². The minimum Gasteiger partial charge on any atom is -0.321 e. The van der Waals surface area contributed by atoms with E-state index in [1.807, 2.05) is 27.0 Å². The van der Waals surface area contributed by atoms with Gasteiger partial charge in [0.2, 0.25) is 5.91 Å². The molecule has 140 valence electrons. The molecule has 0 aliphatic carbocycles. The molecule has 8 nitrogen and oxygen atoms in total. The number of hydrogen-bond acceptors (Lipinski definition) is 4. The molecular formula is C18H19ClN6O2. The van der Waals surface area contributed by atoms with Crippen LogP contribution in [0, 0.1) is 13.8 Å². The molecule has 1 aromatic heterocycles. The molecule has 2 aromatic rings. The summed E-state index contributed by atoms with van der Waals surface area (Å²) in [6.07, 6.45) is 0. The van der Waals surface area contributed by atoms with Crippen LogP contribution >= 0.6 is 11.6 Å². The number of carbonyl (C=O) groups is 2. The Morgan fingerprint density at radius 1 is 1.33 bits per heavy atom. The number of nitrogens with one attached hydrogen (secondary N) is 1. The predicted molar refractivity (Wildman–Crippen MR) is 104 cm³/mol. The fraction of sp³-hybridized carbons (Fsp3) is 0.333. The van der Waals surface area contributed by atoms with Gasteiger partial charge < -0.3 is 5.32 Å². The SMILES string of the molecule is Cc1nn(C)c(C)c1NC(=O)CN1C(=O)N2CCN=C2c2ccc(Cl)cc21. The monoisotopic (exact) mass is 386 g/mol. The first-order chi connectivity index (χ1) is 12.9. The summed E-state index contributed by atoms with van der Waals surface area (Å²) in [5.74, 6) is 0.343. The van der Waals surface area contributed by atoms with E-state index in [1.54, 1.807) is 21.7 Å². The fourth-order valence-electron chi connectivity index (χ4n) is 3.46. The standard InChI is InChI=1S/C18H19ClN6O2/c1-10-16(11(2)23(3)22-10)21-15(26)9-25-14-8-12(19)4-5-13(14)17-20-6-7-24(17)18(25)27/h4-5,8H,6-7,9H2,1-3H3,(H,21,26). The molecule has 1 aromatic carbocycles. The minimum atomic E-state index is -0.298. The second-order valence-electron chi connectivity index (χ2n) is 6.60. The molecule has 0 unspecified atom stereocenters. The minimum absolute atomic E-state index is 0.121. The molecule has 0 saturated heterocycles. The van der Waals surface area contributed by atoms with Gasteiger partial charge >= 0.3 is 6.03 Å². The van der Waals surface area contributed by atoms with E-state index in [9.17, 15) is 9.59 Å².